The molecule has 0 radical (unpaired) electrons. The van der Waals surface area contributed by atoms with E-state index in [0.717, 1.165) is 0 Å². The van der Waals surface area contributed by atoms with Gasteiger partial charge in [-0.25, -0.2) is 0 Å². The van der Waals surface area contributed by atoms with Gasteiger partial charge in [0, 0.05) is 5.31 Å². The van der Waals surface area contributed by atoms with Gasteiger partial charge in [0.25, 0.3) is 0 Å². The molecule has 0 aromatic rings. The summed E-state index contributed by atoms with van der Waals surface area (Å²) in [6, 6.07) is 0. The van der Waals surface area contributed by atoms with Gasteiger partial charge in [0.1, 0.15) is 0 Å². The molecule has 1 aliphatic heterocycles. The van der Waals surface area contributed by atoms with Crippen molar-refractivity contribution < 1.29 is 0 Å². The molecule has 0 fully saturated rings. The molecule has 1 heteroatoms. The number of hydrogen-bond donors (Lipinski definition) is 0. The standard InChI is InChI=1S/C12H15P/c1-2-3-4-5-10-6-7-12-11(10)8-9-13-12/h6-9H,2-5H2,1H3. The van der Waals surface area contributed by atoms with Crippen molar-refractivity contribution >= 4 is 14.0 Å². The zero-order valence-corrected chi connectivity index (χ0v) is 8.98. The molecule has 0 nitrogen and oxygen atoms in total. The van der Waals surface area contributed by atoms with Gasteiger partial charge in [-0.3, -0.25) is 0 Å². The summed E-state index contributed by atoms with van der Waals surface area (Å²) in [5.74, 6) is 2.24. The smallest absolute Gasteiger partial charge is 0.00932 e. The summed E-state index contributed by atoms with van der Waals surface area (Å²) in [5.41, 5.74) is 3.07. The van der Waals surface area contributed by atoms with Crippen molar-refractivity contribution in [2.24, 2.45) is 0 Å². The van der Waals surface area contributed by atoms with Gasteiger partial charge < -0.3 is 0 Å². The Bertz CT molecular complexity index is 316. The predicted octanol–water partition coefficient (Wildman–Crippen LogP) is 4.08. The molecule has 2 aliphatic rings. The van der Waals surface area contributed by atoms with Gasteiger partial charge >= 0.3 is 0 Å². The third kappa shape index (κ3) is 1.84. The summed E-state index contributed by atoms with van der Waals surface area (Å²) in [7, 11) is 1.39. The largest absolute Gasteiger partial charge is 0.0678 e. The minimum atomic E-state index is 1.27. The molecule has 2 rings (SSSR count). The Morgan fingerprint density at radius 3 is 2.92 bits per heavy atom. The molecule has 0 aromatic carbocycles. The molecule has 0 saturated heterocycles. The van der Waals surface area contributed by atoms with Crippen molar-refractivity contribution in [2.45, 2.75) is 32.6 Å². The molecule has 0 saturated carbocycles. The molecule has 68 valence electrons. The topological polar surface area (TPSA) is 0 Å². The van der Waals surface area contributed by atoms with Gasteiger partial charge in [0.15, 0.2) is 0 Å². The molecule has 0 bridgehead atoms. The maximum atomic E-state index is 2.30. The van der Waals surface area contributed by atoms with Crippen LogP contribution >= 0.6 is 8.20 Å². The van der Waals surface area contributed by atoms with Crippen LogP contribution in [-0.4, -0.2) is 5.80 Å². The molecule has 0 spiro atoms. The van der Waals surface area contributed by atoms with Crippen LogP contribution in [0.15, 0.2) is 34.7 Å². The normalized spacial score (nSPS) is 19.6. The van der Waals surface area contributed by atoms with Gasteiger partial charge in [0.2, 0.25) is 0 Å². The summed E-state index contributed by atoms with van der Waals surface area (Å²) in [5, 5.41) is 1.51. The van der Waals surface area contributed by atoms with Crippen LogP contribution in [0.5, 0.6) is 0 Å². The molecule has 0 amide bonds. The van der Waals surface area contributed by atoms with E-state index in [0.29, 0.717) is 0 Å². The Morgan fingerprint density at radius 2 is 2.08 bits per heavy atom. The van der Waals surface area contributed by atoms with E-state index < -0.39 is 0 Å². The predicted molar refractivity (Wildman–Crippen MR) is 61.4 cm³/mol. The van der Waals surface area contributed by atoms with Gasteiger partial charge in [-0.1, -0.05) is 34.0 Å². The molecule has 0 unspecified atom stereocenters. The van der Waals surface area contributed by atoms with Gasteiger partial charge in [-0.05, 0) is 41.9 Å². The second kappa shape index (κ2) is 4.07. The van der Waals surface area contributed by atoms with Gasteiger partial charge in [-0.2, -0.15) is 0 Å². The number of allylic oxidation sites excluding steroid dienone is 6. The highest BCUT2D eigenvalue weighted by Gasteiger charge is 2.15. The third-order valence-electron chi connectivity index (χ3n) is 2.57. The highest BCUT2D eigenvalue weighted by molar-refractivity contribution is 7.45. The summed E-state index contributed by atoms with van der Waals surface area (Å²) in [6.07, 6.45) is 12.1. The zero-order chi connectivity index (χ0) is 9.10. The first-order chi connectivity index (χ1) is 6.42. The van der Waals surface area contributed by atoms with E-state index in [1.54, 1.807) is 5.57 Å². The Hall–Kier alpha value is -0.610. The van der Waals surface area contributed by atoms with Crippen LogP contribution in [0.25, 0.3) is 0 Å². The van der Waals surface area contributed by atoms with Crippen LogP contribution in [0, 0.1) is 0 Å². The molecule has 0 atom stereocenters. The summed E-state index contributed by atoms with van der Waals surface area (Å²) >= 11 is 0. The van der Waals surface area contributed by atoms with Crippen LogP contribution in [0.2, 0.25) is 0 Å². The van der Waals surface area contributed by atoms with Crippen molar-refractivity contribution in [1.29, 1.82) is 0 Å². The zero-order valence-electron chi connectivity index (χ0n) is 8.09. The molecule has 13 heavy (non-hydrogen) atoms. The average molecular weight is 190 g/mol. The van der Waals surface area contributed by atoms with E-state index in [1.165, 1.54) is 44.8 Å². The van der Waals surface area contributed by atoms with E-state index >= 15 is 0 Å². The van der Waals surface area contributed by atoms with E-state index in [9.17, 15) is 0 Å². The first-order valence-corrected chi connectivity index (χ1v) is 6.04. The van der Waals surface area contributed by atoms with Crippen molar-refractivity contribution in [3.05, 3.63) is 34.7 Å². The lowest BCUT2D eigenvalue weighted by Crippen LogP contribution is -1.85. The lowest BCUT2D eigenvalue weighted by Gasteiger charge is -2.03. The fourth-order valence-electron chi connectivity index (χ4n) is 1.80. The molecule has 1 heterocycles. The minimum absolute atomic E-state index is 1.27. The summed E-state index contributed by atoms with van der Waals surface area (Å²) < 4.78 is 0. The lowest BCUT2D eigenvalue weighted by molar-refractivity contribution is 0.718. The van der Waals surface area contributed by atoms with E-state index in [2.05, 4.69) is 30.9 Å². The SMILES string of the molecule is CCCCCC1=CC=C2P=CC=C12. The minimum Gasteiger partial charge on any atom is -0.0678 e. The lowest BCUT2D eigenvalue weighted by atomic mass is 10.0. The number of rotatable bonds is 4. The fourth-order valence-corrected chi connectivity index (χ4v) is 2.71. The Kier molecular flexibility index (Phi) is 2.80. The second-order valence-corrected chi connectivity index (χ2v) is 4.60. The van der Waals surface area contributed by atoms with Crippen LogP contribution < -0.4 is 0 Å². The van der Waals surface area contributed by atoms with E-state index in [4.69, 9.17) is 0 Å². The summed E-state index contributed by atoms with van der Waals surface area (Å²) in [6.45, 7) is 2.26. The third-order valence-corrected chi connectivity index (χ3v) is 3.54. The molecule has 1 aliphatic carbocycles. The molecular formula is C12H15P. The maximum Gasteiger partial charge on any atom is 0.00932 e. The summed E-state index contributed by atoms with van der Waals surface area (Å²) in [4.78, 5) is 0. The highest BCUT2D eigenvalue weighted by atomic mass is 31.1. The van der Waals surface area contributed by atoms with Gasteiger partial charge in [-0.15, -0.1) is 0 Å². The number of fused-ring (bicyclic) bond motifs is 1. The first kappa shape index (κ1) is 8.97. The van der Waals surface area contributed by atoms with E-state index in [-0.39, 0.29) is 0 Å². The quantitative estimate of drug-likeness (QED) is 0.463. The van der Waals surface area contributed by atoms with Crippen molar-refractivity contribution in [3.8, 4) is 0 Å². The van der Waals surface area contributed by atoms with Crippen molar-refractivity contribution in [3.63, 3.8) is 0 Å². The second-order valence-electron chi connectivity index (χ2n) is 3.56. The molecule has 0 aromatic heterocycles. The van der Waals surface area contributed by atoms with Crippen LogP contribution in [-0.2, 0) is 0 Å². The Labute approximate surface area is 81.8 Å². The molecular weight excluding hydrogens is 175 g/mol. The van der Waals surface area contributed by atoms with Crippen molar-refractivity contribution in [2.75, 3.05) is 0 Å². The Morgan fingerprint density at radius 1 is 1.15 bits per heavy atom. The monoisotopic (exact) mass is 190 g/mol. The van der Waals surface area contributed by atoms with Gasteiger partial charge in [0.05, 0.1) is 0 Å². The van der Waals surface area contributed by atoms with Crippen LogP contribution in [0.4, 0.5) is 0 Å². The molecule has 0 N–H and O–H groups in total. The Balaban J connectivity index is 1.91. The average Bonchev–Trinajstić information content (AvgIpc) is 2.68. The van der Waals surface area contributed by atoms with E-state index in [1.807, 2.05) is 0 Å². The maximum absolute atomic E-state index is 2.30. The first-order valence-electron chi connectivity index (χ1n) is 5.08. The van der Waals surface area contributed by atoms with Crippen LogP contribution in [0.1, 0.15) is 32.6 Å². The number of unbranched alkanes of at least 4 members (excludes halogenated alkanes) is 2. The van der Waals surface area contributed by atoms with Crippen molar-refractivity contribution in [1.82, 2.24) is 0 Å². The fraction of sp³-hybridized carbons (Fsp3) is 0.417. The highest BCUT2D eigenvalue weighted by Crippen LogP contribution is 2.39. The number of hydrogen-bond acceptors (Lipinski definition) is 0. The van der Waals surface area contributed by atoms with Crippen LogP contribution in [0.3, 0.4) is 0 Å².